The highest BCUT2D eigenvalue weighted by atomic mass is 15.2. The molecule has 3 aromatic rings. The van der Waals surface area contributed by atoms with Gasteiger partial charge in [-0.1, -0.05) is 12.1 Å². The molecule has 0 N–H and O–H groups in total. The highest BCUT2D eigenvalue weighted by Gasteiger charge is 2.29. The van der Waals surface area contributed by atoms with Crippen LogP contribution in [0.3, 0.4) is 0 Å². The summed E-state index contributed by atoms with van der Waals surface area (Å²) in [6.45, 7) is 2.22. The van der Waals surface area contributed by atoms with Gasteiger partial charge in [0.05, 0.1) is 16.6 Å². The third kappa shape index (κ3) is 1.68. The van der Waals surface area contributed by atoms with Crippen LogP contribution in [0.1, 0.15) is 36.0 Å². The van der Waals surface area contributed by atoms with Gasteiger partial charge in [-0.3, -0.25) is 4.40 Å². The van der Waals surface area contributed by atoms with E-state index < -0.39 is 0 Å². The molecule has 114 valence electrons. The molecule has 0 unspecified atom stereocenters. The third-order valence-corrected chi connectivity index (χ3v) is 5.30. The van der Waals surface area contributed by atoms with Crippen molar-refractivity contribution in [1.82, 2.24) is 9.38 Å². The van der Waals surface area contributed by atoms with Crippen molar-refractivity contribution in [3.8, 4) is 6.07 Å². The molecular weight excluding hydrogens is 284 g/mol. The Kier molecular flexibility index (Phi) is 2.66. The smallest absolute Gasteiger partial charge is 0.157 e. The Balaban J connectivity index is 1.99. The molecule has 3 heterocycles. The lowest BCUT2D eigenvalue weighted by Gasteiger charge is -2.24. The number of fused-ring (bicyclic) bond motifs is 4. The highest BCUT2D eigenvalue weighted by Crippen LogP contribution is 2.39. The van der Waals surface area contributed by atoms with Gasteiger partial charge in [-0.2, -0.15) is 5.26 Å². The minimum absolute atomic E-state index is 0.789. The van der Waals surface area contributed by atoms with Crippen molar-refractivity contribution >= 4 is 22.5 Å². The number of imidazole rings is 1. The average molecular weight is 302 g/mol. The summed E-state index contributed by atoms with van der Waals surface area (Å²) in [5.41, 5.74) is 6.37. The fourth-order valence-corrected chi connectivity index (χ4v) is 4.32. The molecule has 1 aromatic carbocycles. The molecule has 4 nitrogen and oxygen atoms in total. The van der Waals surface area contributed by atoms with E-state index in [-0.39, 0.29) is 0 Å². The van der Waals surface area contributed by atoms with Crippen molar-refractivity contribution in [3.05, 3.63) is 41.0 Å². The van der Waals surface area contributed by atoms with Gasteiger partial charge in [-0.25, -0.2) is 4.98 Å². The van der Waals surface area contributed by atoms with Crippen molar-refractivity contribution in [2.45, 2.75) is 32.1 Å². The monoisotopic (exact) mass is 302 g/mol. The van der Waals surface area contributed by atoms with Crippen molar-refractivity contribution in [2.75, 3.05) is 18.0 Å². The maximum atomic E-state index is 9.76. The summed E-state index contributed by atoms with van der Waals surface area (Å²) in [4.78, 5) is 7.32. The number of hydrogen-bond donors (Lipinski definition) is 0. The van der Waals surface area contributed by atoms with Gasteiger partial charge < -0.3 is 4.90 Å². The van der Waals surface area contributed by atoms with E-state index in [2.05, 4.69) is 27.5 Å². The van der Waals surface area contributed by atoms with Crippen LogP contribution in [-0.4, -0.2) is 22.5 Å². The standard InChI is InChI=1S/C19H18N4/c20-12-15-13-6-5-7-14(13)19(22-10-3-4-11-22)23-17-9-2-1-8-16(17)21-18(15)23/h1-2,8-9H,3-7,10-11H2. The summed E-state index contributed by atoms with van der Waals surface area (Å²) in [5, 5.41) is 9.76. The Bertz CT molecular complexity index is 971. The van der Waals surface area contributed by atoms with Crippen molar-refractivity contribution in [2.24, 2.45) is 0 Å². The van der Waals surface area contributed by atoms with E-state index >= 15 is 0 Å². The van der Waals surface area contributed by atoms with Crippen LogP contribution in [0, 0.1) is 11.3 Å². The molecule has 0 bridgehead atoms. The predicted octanol–water partition coefficient (Wildman–Crippen LogP) is 3.45. The first-order valence-electron chi connectivity index (χ1n) is 8.48. The van der Waals surface area contributed by atoms with E-state index in [9.17, 15) is 5.26 Å². The van der Waals surface area contributed by atoms with Gasteiger partial charge in [0.2, 0.25) is 0 Å². The summed E-state index contributed by atoms with van der Waals surface area (Å²) in [6, 6.07) is 10.7. The number of pyridine rings is 1. The zero-order valence-corrected chi connectivity index (χ0v) is 13.0. The largest absolute Gasteiger partial charge is 0.357 e. The van der Waals surface area contributed by atoms with Gasteiger partial charge in [-0.05, 0) is 55.4 Å². The number of anilines is 1. The lowest BCUT2D eigenvalue weighted by Crippen LogP contribution is -2.23. The summed E-state index contributed by atoms with van der Waals surface area (Å²) >= 11 is 0. The summed E-state index contributed by atoms with van der Waals surface area (Å²) < 4.78 is 2.25. The minimum atomic E-state index is 0.789. The van der Waals surface area contributed by atoms with Crippen LogP contribution < -0.4 is 4.90 Å². The van der Waals surface area contributed by atoms with Gasteiger partial charge in [0.25, 0.3) is 0 Å². The van der Waals surface area contributed by atoms with Crippen LogP contribution in [0.15, 0.2) is 24.3 Å². The number of nitriles is 1. The average Bonchev–Trinajstić information content (AvgIpc) is 3.31. The van der Waals surface area contributed by atoms with Crippen LogP contribution in [0.25, 0.3) is 16.7 Å². The summed E-state index contributed by atoms with van der Waals surface area (Å²) in [7, 11) is 0. The second-order valence-corrected chi connectivity index (χ2v) is 6.57. The number of aromatic nitrogens is 2. The lowest BCUT2D eigenvalue weighted by atomic mass is 10.1. The predicted molar refractivity (Wildman–Crippen MR) is 90.9 cm³/mol. The molecule has 2 aromatic heterocycles. The Labute approximate surface area is 135 Å². The molecular formula is C19H18N4. The summed E-state index contributed by atoms with van der Waals surface area (Å²) in [6.07, 6.45) is 5.75. The zero-order chi connectivity index (χ0) is 15.4. The molecule has 23 heavy (non-hydrogen) atoms. The molecule has 1 aliphatic heterocycles. The van der Waals surface area contributed by atoms with Gasteiger partial charge in [-0.15, -0.1) is 0 Å². The molecule has 2 aliphatic rings. The maximum Gasteiger partial charge on any atom is 0.157 e. The van der Waals surface area contributed by atoms with Crippen molar-refractivity contribution < 1.29 is 0 Å². The number of rotatable bonds is 1. The molecule has 5 rings (SSSR count). The maximum absolute atomic E-state index is 9.76. The van der Waals surface area contributed by atoms with Crippen LogP contribution in [-0.2, 0) is 12.8 Å². The molecule has 1 aliphatic carbocycles. The first kappa shape index (κ1) is 13.0. The van der Waals surface area contributed by atoms with E-state index in [4.69, 9.17) is 4.98 Å². The molecule has 4 heteroatoms. The van der Waals surface area contributed by atoms with Crippen molar-refractivity contribution in [3.63, 3.8) is 0 Å². The van der Waals surface area contributed by atoms with E-state index in [1.165, 1.54) is 29.8 Å². The van der Waals surface area contributed by atoms with Gasteiger partial charge in [0.15, 0.2) is 5.65 Å². The quantitative estimate of drug-likeness (QED) is 0.691. The van der Waals surface area contributed by atoms with Crippen molar-refractivity contribution in [1.29, 1.82) is 5.26 Å². The first-order chi connectivity index (χ1) is 11.4. The number of benzene rings is 1. The second-order valence-electron chi connectivity index (χ2n) is 6.57. The Hall–Kier alpha value is -2.54. The van der Waals surface area contributed by atoms with E-state index in [0.717, 1.165) is 54.6 Å². The second kappa shape index (κ2) is 4.73. The normalized spacial score (nSPS) is 17.1. The van der Waals surface area contributed by atoms with Crippen LogP contribution >= 0.6 is 0 Å². The molecule has 0 spiro atoms. The topological polar surface area (TPSA) is 44.3 Å². The summed E-state index contributed by atoms with van der Waals surface area (Å²) in [5.74, 6) is 1.30. The van der Waals surface area contributed by atoms with E-state index in [1.54, 1.807) is 0 Å². The SMILES string of the molecule is N#Cc1c2c(c(N3CCCC3)n3c1nc1ccccc13)CCC2. The molecule has 0 atom stereocenters. The van der Waals surface area contributed by atoms with Gasteiger partial charge in [0, 0.05) is 13.1 Å². The Morgan fingerprint density at radius 3 is 2.61 bits per heavy atom. The molecule has 0 radical (unpaired) electrons. The minimum Gasteiger partial charge on any atom is -0.357 e. The fraction of sp³-hybridized carbons (Fsp3) is 0.368. The van der Waals surface area contributed by atoms with Crippen LogP contribution in [0.5, 0.6) is 0 Å². The third-order valence-electron chi connectivity index (χ3n) is 5.30. The highest BCUT2D eigenvalue weighted by molar-refractivity contribution is 5.86. The molecule has 1 saturated heterocycles. The Morgan fingerprint density at radius 2 is 1.78 bits per heavy atom. The first-order valence-corrected chi connectivity index (χ1v) is 8.48. The number of para-hydroxylation sites is 2. The molecule has 0 amide bonds. The fourth-order valence-electron chi connectivity index (χ4n) is 4.32. The Morgan fingerprint density at radius 1 is 1.00 bits per heavy atom. The van der Waals surface area contributed by atoms with E-state index in [0.29, 0.717) is 0 Å². The molecule has 1 fully saturated rings. The van der Waals surface area contributed by atoms with Gasteiger partial charge >= 0.3 is 0 Å². The number of nitrogens with zero attached hydrogens (tertiary/aromatic N) is 4. The van der Waals surface area contributed by atoms with E-state index in [1.807, 2.05) is 12.1 Å². The van der Waals surface area contributed by atoms with Gasteiger partial charge in [0.1, 0.15) is 11.9 Å². The van der Waals surface area contributed by atoms with Crippen LogP contribution in [0.2, 0.25) is 0 Å². The number of hydrogen-bond acceptors (Lipinski definition) is 3. The zero-order valence-electron chi connectivity index (χ0n) is 13.0. The molecule has 0 saturated carbocycles. The van der Waals surface area contributed by atoms with Crippen LogP contribution in [0.4, 0.5) is 5.82 Å². The lowest BCUT2D eigenvalue weighted by molar-refractivity contribution is 0.884.